The van der Waals surface area contributed by atoms with Crippen molar-refractivity contribution >= 4 is 0 Å². The molecule has 2 rings (SSSR count). The number of hydrogen-bond acceptors (Lipinski definition) is 1. The fraction of sp³-hybridized carbons (Fsp3) is 0.400. The third-order valence-corrected chi connectivity index (χ3v) is 2.13. The van der Waals surface area contributed by atoms with Gasteiger partial charge in [0.2, 0.25) is 0 Å². The summed E-state index contributed by atoms with van der Waals surface area (Å²) in [5.74, 6) is 0.834. The summed E-state index contributed by atoms with van der Waals surface area (Å²) in [5.41, 5.74) is 1.11. The van der Waals surface area contributed by atoms with E-state index in [2.05, 4.69) is 4.74 Å². The van der Waals surface area contributed by atoms with Gasteiger partial charge in [-0.25, -0.2) is 0 Å². The third kappa shape index (κ3) is 2.17. The van der Waals surface area contributed by atoms with Crippen molar-refractivity contribution in [2.24, 2.45) is 0 Å². The Morgan fingerprint density at radius 3 is 2.69 bits per heavy atom. The monoisotopic (exact) mass is 184 g/mol. The van der Waals surface area contributed by atoms with E-state index in [-0.39, 0.29) is 5.75 Å². The van der Waals surface area contributed by atoms with Gasteiger partial charge in [-0.2, -0.15) is 8.78 Å². The van der Waals surface area contributed by atoms with Crippen LogP contribution in [0.15, 0.2) is 24.3 Å². The first-order chi connectivity index (χ1) is 6.25. The average Bonchev–Trinajstić information content (AvgIpc) is 2.85. The van der Waals surface area contributed by atoms with E-state index in [0.717, 1.165) is 18.4 Å². The lowest BCUT2D eigenvalue weighted by Gasteiger charge is -2.05. The van der Waals surface area contributed by atoms with Crippen molar-refractivity contribution in [3.05, 3.63) is 29.8 Å². The molecule has 0 amide bonds. The molecule has 1 saturated carbocycles. The molecule has 0 bridgehead atoms. The van der Waals surface area contributed by atoms with Crippen molar-refractivity contribution in [3.63, 3.8) is 0 Å². The summed E-state index contributed by atoms with van der Waals surface area (Å²) in [6, 6.07) is 6.96. The SMILES string of the molecule is FC(F)Oc1cccc(C2CC2)c1. The normalized spacial score (nSPS) is 16.2. The summed E-state index contributed by atoms with van der Waals surface area (Å²) >= 11 is 0. The smallest absolute Gasteiger partial charge is 0.387 e. The van der Waals surface area contributed by atoms with E-state index in [1.54, 1.807) is 18.2 Å². The maximum atomic E-state index is 11.8. The molecule has 1 aromatic rings. The predicted molar refractivity (Wildman–Crippen MR) is 45.0 cm³/mol. The fourth-order valence-corrected chi connectivity index (χ4v) is 1.36. The second-order valence-electron chi connectivity index (χ2n) is 3.23. The first kappa shape index (κ1) is 8.48. The molecule has 0 N–H and O–H groups in total. The standard InChI is InChI=1S/C10H10F2O/c11-10(12)13-9-3-1-2-8(6-9)7-4-5-7/h1-3,6-7,10H,4-5H2. The summed E-state index contributed by atoms with van der Waals surface area (Å²) in [4.78, 5) is 0. The Kier molecular flexibility index (Phi) is 2.17. The zero-order valence-electron chi connectivity index (χ0n) is 7.04. The zero-order chi connectivity index (χ0) is 9.26. The molecule has 1 aliphatic rings. The first-order valence-corrected chi connectivity index (χ1v) is 4.30. The van der Waals surface area contributed by atoms with Crippen LogP contribution in [0.3, 0.4) is 0 Å². The second-order valence-corrected chi connectivity index (χ2v) is 3.23. The summed E-state index contributed by atoms with van der Waals surface area (Å²) in [6.07, 6.45) is 2.33. The molecular formula is C10H10F2O. The molecule has 0 aliphatic heterocycles. The lowest BCUT2D eigenvalue weighted by Crippen LogP contribution is -2.01. The van der Waals surface area contributed by atoms with Crippen molar-refractivity contribution in [1.82, 2.24) is 0 Å². The Labute approximate surface area is 75.3 Å². The van der Waals surface area contributed by atoms with Crippen LogP contribution in [0.5, 0.6) is 5.75 Å². The van der Waals surface area contributed by atoms with Crippen LogP contribution in [0.4, 0.5) is 8.78 Å². The molecule has 0 saturated heterocycles. The van der Waals surface area contributed by atoms with Crippen molar-refractivity contribution in [1.29, 1.82) is 0 Å². The predicted octanol–water partition coefficient (Wildman–Crippen LogP) is 3.17. The first-order valence-electron chi connectivity index (χ1n) is 4.30. The summed E-state index contributed by atoms with van der Waals surface area (Å²) < 4.78 is 28.0. The zero-order valence-corrected chi connectivity index (χ0v) is 7.04. The van der Waals surface area contributed by atoms with Gasteiger partial charge >= 0.3 is 6.61 Å². The highest BCUT2D eigenvalue weighted by atomic mass is 19.3. The average molecular weight is 184 g/mol. The topological polar surface area (TPSA) is 9.23 Å². The van der Waals surface area contributed by atoms with E-state index in [4.69, 9.17) is 0 Å². The minimum absolute atomic E-state index is 0.263. The largest absolute Gasteiger partial charge is 0.435 e. The van der Waals surface area contributed by atoms with Gasteiger partial charge in [0.05, 0.1) is 0 Å². The lowest BCUT2D eigenvalue weighted by atomic mass is 10.1. The second kappa shape index (κ2) is 3.32. The highest BCUT2D eigenvalue weighted by Gasteiger charge is 2.23. The minimum atomic E-state index is -2.73. The van der Waals surface area contributed by atoms with Crippen LogP contribution < -0.4 is 4.74 Å². The Bertz CT molecular complexity index is 295. The third-order valence-electron chi connectivity index (χ3n) is 2.13. The molecule has 3 heteroatoms. The molecule has 0 atom stereocenters. The van der Waals surface area contributed by atoms with Crippen LogP contribution in [-0.4, -0.2) is 6.61 Å². The van der Waals surface area contributed by atoms with Gasteiger partial charge in [0.25, 0.3) is 0 Å². The van der Waals surface area contributed by atoms with E-state index in [9.17, 15) is 8.78 Å². The van der Waals surface area contributed by atoms with Crippen LogP contribution >= 0.6 is 0 Å². The maximum absolute atomic E-state index is 11.8. The van der Waals surface area contributed by atoms with Crippen LogP contribution in [0.1, 0.15) is 24.3 Å². The molecule has 1 aromatic carbocycles. The van der Waals surface area contributed by atoms with Gasteiger partial charge < -0.3 is 4.74 Å². The van der Waals surface area contributed by atoms with Crippen molar-refractivity contribution < 1.29 is 13.5 Å². The molecule has 0 heterocycles. The van der Waals surface area contributed by atoms with E-state index >= 15 is 0 Å². The van der Waals surface area contributed by atoms with E-state index in [1.165, 1.54) is 0 Å². The van der Waals surface area contributed by atoms with Gasteiger partial charge in [-0.3, -0.25) is 0 Å². The number of hydrogen-bond donors (Lipinski definition) is 0. The molecule has 0 unspecified atom stereocenters. The van der Waals surface area contributed by atoms with Crippen LogP contribution in [0.2, 0.25) is 0 Å². The van der Waals surface area contributed by atoms with Crippen LogP contribution in [-0.2, 0) is 0 Å². The number of ether oxygens (including phenoxy) is 1. The summed E-state index contributed by atoms with van der Waals surface area (Å²) in [7, 11) is 0. The van der Waals surface area contributed by atoms with Gasteiger partial charge in [0.15, 0.2) is 0 Å². The maximum Gasteiger partial charge on any atom is 0.387 e. The minimum Gasteiger partial charge on any atom is -0.435 e. The van der Waals surface area contributed by atoms with Gasteiger partial charge in [0, 0.05) is 0 Å². The summed E-state index contributed by atoms with van der Waals surface area (Å²) in [5, 5.41) is 0. The lowest BCUT2D eigenvalue weighted by molar-refractivity contribution is -0.0498. The molecule has 0 spiro atoms. The van der Waals surface area contributed by atoms with E-state index in [1.807, 2.05) is 6.07 Å². The number of halogens is 2. The van der Waals surface area contributed by atoms with Crippen molar-refractivity contribution in [2.45, 2.75) is 25.4 Å². The highest BCUT2D eigenvalue weighted by molar-refractivity contribution is 5.32. The molecule has 1 fully saturated rings. The highest BCUT2D eigenvalue weighted by Crippen LogP contribution is 2.40. The number of rotatable bonds is 3. The van der Waals surface area contributed by atoms with E-state index in [0.29, 0.717) is 5.92 Å². The number of benzene rings is 1. The molecule has 1 nitrogen and oxygen atoms in total. The van der Waals surface area contributed by atoms with E-state index < -0.39 is 6.61 Å². The van der Waals surface area contributed by atoms with Crippen molar-refractivity contribution in [2.75, 3.05) is 0 Å². The van der Waals surface area contributed by atoms with Gasteiger partial charge in [0.1, 0.15) is 5.75 Å². The molecule has 13 heavy (non-hydrogen) atoms. The molecule has 70 valence electrons. The fourth-order valence-electron chi connectivity index (χ4n) is 1.36. The van der Waals surface area contributed by atoms with Crippen molar-refractivity contribution in [3.8, 4) is 5.75 Å². The van der Waals surface area contributed by atoms with Crippen LogP contribution in [0, 0.1) is 0 Å². The van der Waals surface area contributed by atoms with Gasteiger partial charge in [-0.15, -0.1) is 0 Å². The molecule has 1 aliphatic carbocycles. The molecule has 0 aromatic heterocycles. The van der Waals surface area contributed by atoms with Gasteiger partial charge in [-0.05, 0) is 36.5 Å². The quantitative estimate of drug-likeness (QED) is 0.701. The molecular weight excluding hydrogens is 174 g/mol. The summed E-state index contributed by atoms with van der Waals surface area (Å²) in [6.45, 7) is -2.73. The Morgan fingerprint density at radius 2 is 2.08 bits per heavy atom. The number of alkyl halides is 2. The Hall–Kier alpha value is -1.12. The Morgan fingerprint density at radius 1 is 1.31 bits per heavy atom. The van der Waals surface area contributed by atoms with Crippen LogP contribution in [0.25, 0.3) is 0 Å². The molecule has 0 radical (unpaired) electrons. The van der Waals surface area contributed by atoms with Gasteiger partial charge in [-0.1, -0.05) is 12.1 Å². The Balaban J connectivity index is 2.12.